The van der Waals surface area contributed by atoms with Gasteiger partial charge in [-0.1, -0.05) is 11.6 Å². The molecule has 0 atom stereocenters. The number of ether oxygens (including phenoxy) is 1. The van der Waals surface area contributed by atoms with Gasteiger partial charge >= 0.3 is 0 Å². The molecule has 0 aliphatic carbocycles. The van der Waals surface area contributed by atoms with Crippen molar-refractivity contribution in [2.45, 2.75) is 11.4 Å². The molecule has 0 aliphatic heterocycles. The molecule has 2 aromatic rings. The van der Waals surface area contributed by atoms with E-state index in [1.807, 2.05) is 0 Å². The molecule has 0 bridgehead atoms. The zero-order valence-corrected chi connectivity index (χ0v) is 13.0. The number of rotatable bonds is 5. The van der Waals surface area contributed by atoms with E-state index in [1.165, 1.54) is 25.3 Å². The molecule has 0 unspecified atom stereocenters. The van der Waals surface area contributed by atoms with Crippen molar-refractivity contribution in [1.29, 1.82) is 0 Å². The van der Waals surface area contributed by atoms with Crippen LogP contribution >= 0.6 is 11.6 Å². The zero-order chi connectivity index (χ0) is 16.3. The van der Waals surface area contributed by atoms with Gasteiger partial charge in [0.25, 0.3) is 0 Å². The van der Waals surface area contributed by atoms with Gasteiger partial charge in [0.1, 0.15) is 22.3 Å². The molecule has 4 nitrogen and oxygen atoms in total. The molecule has 1 N–H and O–H groups in total. The standard InChI is InChI=1S/C14H12ClF2NO3S/c1-21-13-5-2-10(15)7-14(13)22(19,20)18-8-9-6-11(16)3-4-12(9)17/h2-7,18H,8H2,1H3. The third-order valence-electron chi connectivity index (χ3n) is 2.88. The number of halogens is 3. The van der Waals surface area contributed by atoms with Gasteiger partial charge in [0.15, 0.2) is 0 Å². The van der Waals surface area contributed by atoms with Crippen LogP contribution in [0.3, 0.4) is 0 Å². The Morgan fingerprint density at radius 3 is 2.59 bits per heavy atom. The minimum Gasteiger partial charge on any atom is -0.495 e. The molecule has 0 fully saturated rings. The molecule has 118 valence electrons. The smallest absolute Gasteiger partial charge is 0.244 e. The maximum atomic E-state index is 13.5. The molecule has 0 radical (unpaired) electrons. The summed E-state index contributed by atoms with van der Waals surface area (Å²) in [6.45, 7) is -0.401. The summed E-state index contributed by atoms with van der Waals surface area (Å²) in [5.74, 6) is -1.27. The normalized spacial score (nSPS) is 11.5. The van der Waals surface area contributed by atoms with E-state index in [1.54, 1.807) is 0 Å². The number of sulfonamides is 1. The Balaban J connectivity index is 2.28. The maximum Gasteiger partial charge on any atom is 0.244 e. The van der Waals surface area contributed by atoms with Crippen molar-refractivity contribution in [2.75, 3.05) is 7.11 Å². The van der Waals surface area contributed by atoms with Gasteiger partial charge in [0, 0.05) is 17.1 Å². The second kappa shape index (κ2) is 6.60. The van der Waals surface area contributed by atoms with Crippen LogP contribution < -0.4 is 9.46 Å². The zero-order valence-electron chi connectivity index (χ0n) is 11.4. The summed E-state index contributed by atoms with van der Waals surface area (Å²) in [6, 6.07) is 6.90. The van der Waals surface area contributed by atoms with E-state index in [0.29, 0.717) is 0 Å². The molecule has 22 heavy (non-hydrogen) atoms. The third kappa shape index (κ3) is 3.73. The van der Waals surface area contributed by atoms with Crippen molar-refractivity contribution >= 4 is 21.6 Å². The molecule has 0 aromatic heterocycles. The van der Waals surface area contributed by atoms with Crippen LogP contribution in [0.1, 0.15) is 5.56 Å². The van der Waals surface area contributed by atoms with Gasteiger partial charge < -0.3 is 4.74 Å². The topological polar surface area (TPSA) is 55.4 Å². The molecule has 0 saturated carbocycles. The highest BCUT2D eigenvalue weighted by atomic mass is 35.5. The number of nitrogens with one attached hydrogen (secondary N) is 1. The first kappa shape index (κ1) is 16.7. The highest BCUT2D eigenvalue weighted by Gasteiger charge is 2.20. The maximum absolute atomic E-state index is 13.5. The number of benzene rings is 2. The fraction of sp³-hybridized carbons (Fsp3) is 0.143. The fourth-order valence-corrected chi connectivity index (χ4v) is 3.23. The molecule has 0 amide bonds. The molecule has 2 aromatic carbocycles. The lowest BCUT2D eigenvalue weighted by molar-refractivity contribution is 0.402. The van der Waals surface area contributed by atoms with Crippen LogP contribution in [0.5, 0.6) is 5.75 Å². The Morgan fingerprint density at radius 1 is 1.18 bits per heavy atom. The van der Waals surface area contributed by atoms with E-state index in [2.05, 4.69) is 4.72 Å². The van der Waals surface area contributed by atoms with Crippen LogP contribution in [0.4, 0.5) is 8.78 Å². The summed E-state index contributed by atoms with van der Waals surface area (Å²) in [5.41, 5.74) is -0.107. The molecule has 2 rings (SSSR count). The second-order valence-electron chi connectivity index (χ2n) is 4.36. The van der Waals surface area contributed by atoms with Gasteiger partial charge in [0.2, 0.25) is 10.0 Å². The van der Waals surface area contributed by atoms with Crippen molar-refractivity contribution < 1.29 is 21.9 Å². The van der Waals surface area contributed by atoms with Crippen LogP contribution in [0.25, 0.3) is 0 Å². The van der Waals surface area contributed by atoms with Crippen LogP contribution in [0, 0.1) is 11.6 Å². The van der Waals surface area contributed by atoms with Crippen LogP contribution in [-0.2, 0) is 16.6 Å². The summed E-state index contributed by atoms with van der Waals surface area (Å²) in [4.78, 5) is -0.181. The largest absolute Gasteiger partial charge is 0.495 e. The SMILES string of the molecule is COc1ccc(Cl)cc1S(=O)(=O)NCc1cc(F)ccc1F. The molecule has 0 spiro atoms. The van der Waals surface area contributed by atoms with Crippen molar-refractivity contribution in [1.82, 2.24) is 4.72 Å². The number of hydrogen-bond donors (Lipinski definition) is 1. The Morgan fingerprint density at radius 2 is 1.91 bits per heavy atom. The first-order valence-electron chi connectivity index (χ1n) is 6.10. The highest BCUT2D eigenvalue weighted by Crippen LogP contribution is 2.27. The molecule has 0 saturated heterocycles. The molecular formula is C14H12ClF2NO3S. The lowest BCUT2D eigenvalue weighted by atomic mass is 10.2. The van der Waals surface area contributed by atoms with Crippen molar-refractivity contribution in [3.05, 3.63) is 58.6 Å². The molecule has 0 aliphatic rings. The van der Waals surface area contributed by atoms with Crippen LogP contribution in [0.2, 0.25) is 5.02 Å². The predicted octanol–water partition coefficient (Wildman–Crippen LogP) is 3.11. The average Bonchev–Trinajstić information content (AvgIpc) is 2.48. The van der Waals surface area contributed by atoms with Gasteiger partial charge in [0.05, 0.1) is 7.11 Å². The summed E-state index contributed by atoms with van der Waals surface area (Å²) >= 11 is 5.79. The quantitative estimate of drug-likeness (QED) is 0.904. The minimum absolute atomic E-state index is 0.0941. The van der Waals surface area contributed by atoms with E-state index in [9.17, 15) is 17.2 Å². The van der Waals surface area contributed by atoms with Gasteiger partial charge in [-0.05, 0) is 36.4 Å². The number of hydrogen-bond acceptors (Lipinski definition) is 3. The molecule has 8 heteroatoms. The second-order valence-corrected chi connectivity index (χ2v) is 6.53. The van der Waals surface area contributed by atoms with Crippen LogP contribution in [-0.4, -0.2) is 15.5 Å². The minimum atomic E-state index is -4.00. The van der Waals surface area contributed by atoms with E-state index in [-0.39, 0.29) is 21.2 Å². The Kier molecular flexibility index (Phi) is 5.00. The summed E-state index contributed by atoms with van der Waals surface area (Å²) < 4.78 is 58.3. The predicted molar refractivity (Wildman–Crippen MR) is 78.4 cm³/mol. The van der Waals surface area contributed by atoms with Gasteiger partial charge in [-0.3, -0.25) is 0 Å². The highest BCUT2D eigenvalue weighted by molar-refractivity contribution is 7.89. The lowest BCUT2D eigenvalue weighted by Gasteiger charge is -2.11. The van der Waals surface area contributed by atoms with E-state index in [4.69, 9.17) is 16.3 Å². The van der Waals surface area contributed by atoms with Gasteiger partial charge in [-0.25, -0.2) is 21.9 Å². The van der Waals surface area contributed by atoms with Crippen LogP contribution in [0.15, 0.2) is 41.3 Å². The Hall–Kier alpha value is -1.70. The first-order valence-corrected chi connectivity index (χ1v) is 7.97. The Bertz CT molecular complexity index is 797. The van der Waals surface area contributed by atoms with Crippen molar-refractivity contribution in [3.8, 4) is 5.75 Å². The average molecular weight is 348 g/mol. The summed E-state index contributed by atoms with van der Waals surface area (Å²) in [5, 5.41) is 0.207. The molecule has 0 heterocycles. The van der Waals surface area contributed by atoms with E-state index < -0.39 is 28.2 Å². The van der Waals surface area contributed by atoms with Gasteiger partial charge in [-0.2, -0.15) is 0 Å². The lowest BCUT2D eigenvalue weighted by Crippen LogP contribution is -2.24. The van der Waals surface area contributed by atoms with Crippen molar-refractivity contribution in [2.24, 2.45) is 0 Å². The summed E-state index contributed by atoms with van der Waals surface area (Å²) in [6.07, 6.45) is 0. The summed E-state index contributed by atoms with van der Waals surface area (Å²) in [7, 11) is -2.69. The number of methoxy groups -OCH3 is 1. The third-order valence-corrected chi connectivity index (χ3v) is 4.53. The van der Waals surface area contributed by atoms with E-state index >= 15 is 0 Å². The monoisotopic (exact) mass is 347 g/mol. The van der Waals surface area contributed by atoms with E-state index in [0.717, 1.165) is 18.2 Å². The first-order chi connectivity index (χ1) is 10.3. The van der Waals surface area contributed by atoms with Gasteiger partial charge in [-0.15, -0.1) is 0 Å². The van der Waals surface area contributed by atoms with Crippen molar-refractivity contribution in [3.63, 3.8) is 0 Å². The fourth-order valence-electron chi connectivity index (χ4n) is 1.79. The Labute approximate surface area is 131 Å². The molecular weight excluding hydrogens is 336 g/mol.